The van der Waals surface area contributed by atoms with Crippen molar-refractivity contribution in [3.8, 4) is 0 Å². The summed E-state index contributed by atoms with van der Waals surface area (Å²) in [5.41, 5.74) is 4.55. The molecule has 0 aromatic heterocycles. The molecular formula is C4H7N3O4. The minimum absolute atomic E-state index is 0.969. The number of carbonyl (C=O) groups excluding carboxylic acids is 3. The van der Waals surface area contributed by atoms with Crippen molar-refractivity contribution in [2.75, 3.05) is 7.11 Å². The fraction of sp³-hybridized carbons (Fsp3) is 0.250. The second-order valence-electron chi connectivity index (χ2n) is 1.43. The maximum atomic E-state index is 10.4. The molecule has 0 aliphatic heterocycles. The van der Waals surface area contributed by atoms with Crippen molar-refractivity contribution in [2.45, 2.75) is 0 Å². The second-order valence-corrected chi connectivity index (χ2v) is 1.43. The summed E-state index contributed by atoms with van der Waals surface area (Å²) in [6.45, 7) is 0. The van der Waals surface area contributed by atoms with Gasteiger partial charge in [0.2, 0.25) is 0 Å². The van der Waals surface area contributed by atoms with E-state index < -0.39 is 18.2 Å². The van der Waals surface area contributed by atoms with Gasteiger partial charge in [-0.1, -0.05) is 0 Å². The first-order chi connectivity index (χ1) is 5.06. The maximum Gasteiger partial charge on any atom is 0.415 e. The zero-order valence-corrected chi connectivity index (χ0v) is 5.71. The lowest BCUT2D eigenvalue weighted by Crippen LogP contribution is -2.44. The summed E-state index contributed by atoms with van der Waals surface area (Å²) in [4.78, 5) is 30.6. The van der Waals surface area contributed by atoms with E-state index in [0.29, 0.717) is 0 Å². The van der Waals surface area contributed by atoms with Gasteiger partial charge in [0.15, 0.2) is 0 Å². The molecule has 0 aliphatic rings. The number of primary amides is 1. The molecule has 0 atom stereocenters. The van der Waals surface area contributed by atoms with Crippen molar-refractivity contribution in [1.29, 1.82) is 0 Å². The van der Waals surface area contributed by atoms with Gasteiger partial charge in [0.05, 0.1) is 7.11 Å². The average molecular weight is 161 g/mol. The van der Waals surface area contributed by atoms with E-state index in [1.165, 1.54) is 0 Å². The predicted octanol–water partition coefficient (Wildman–Crippen LogP) is -0.869. The molecule has 5 amide bonds. The minimum Gasteiger partial charge on any atom is -0.453 e. The Balaban J connectivity index is 3.70. The van der Waals surface area contributed by atoms with Crippen LogP contribution in [-0.2, 0) is 4.74 Å². The summed E-state index contributed by atoms with van der Waals surface area (Å²) in [5.74, 6) is 0. The zero-order chi connectivity index (χ0) is 8.85. The van der Waals surface area contributed by atoms with Crippen LogP contribution in [0, 0.1) is 0 Å². The number of hydrogen-bond acceptors (Lipinski definition) is 4. The molecule has 62 valence electrons. The number of ether oxygens (including phenoxy) is 1. The van der Waals surface area contributed by atoms with E-state index in [1.807, 2.05) is 0 Å². The molecule has 0 bridgehead atoms. The predicted molar refractivity (Wildman–Crippen MR) is 33.7 cm³/mol. The highest BCUT2D eigenvalue weighted by molar-refractivity contribution is 5.99. The number of amides is 5. The van der Waals surface area contributed by atoms with Crippen LogP contribution in [0.2, 0.25) is 0 Å². The molecule has 0 aromatic rings. The van der Waals surface area contributed by atoms with Gasteiger partial charge in [0, 0.05) is 0 Å². The van der Waals surface area contributed by atoms with Gasteiger partial charge in [-0.25, -0.2) is 19.7 Å². The smallest absolute Gasteiger partial charge is 0.415 e. The first-order valence-corrected chi connectivity index (χ1v) is 2.51. The van der Waals surface area contributed by atoms with Crippen LogP contribution in [0.4, 0.5) is 14.4 Å². The quantitative estimate of drug-likeness (QED) is 0.428. The molecule has 0 radical (unpaired) electrons. The molecule has 0 saturated carbocycles. The average Bonchev–Trinajstić information content (AvgIpc) is 1.85. The van der Waals surface area contributed by atoms with E-state index in [2.05, 4.69) is 10.5 Å². The molecule has 7 nitrogen and oxygen atoms in total. The van der Waals surface area contributed by atoms with Gasteiger partial charge in [0.1, 0.15) is 0 Å². The first kappa shape index (κ1) is 9.21. The van der Waals surface area contributed by atoms with Crippen LogP contribution >= 0.6 is 0 Å². The fourth-order valence-corrected chi connectivity index (χ4v) is 0.287. The molecule has 0 unspecified atom stereocenters. The van der Waals surface area contributed by atoms with Crippen molar-refractivity contribution < 1.29 is 19.1 Å². The molecule has 0 saturated heterocycles. The third kappa shape index (κ3) is 4.70. The van der Waals surface area contributed by atoms with Crippen LogP contribution in [0.25, 0.3) is 0 Å². The third-order valence-corrected chi connectivity index (χ3v) is 0.638. The van der Waals surface area contributed by atoms with Gasteiger partial charge >= 0.3 is 18.2 Å². The highest BCUT2D eigenvalue weighted by Crippen LogP contribution is 1.70. The maximum absolute atomic E-state index is 10.4. The summed E-state index contributed by atoms with van der Waals surface area (Å²) < 4.78 is 4.04. The SMILES string of the molecule is COC(=O)NC(=O)NC(N)=O. The third-order valence-electron chi connectivity index (χ3n) is 0.638. The summed E-state index contributed by atoms with van der Waals surface area (Å²) >= 11 is 0. The molecule has 0 aromatic carbocycles. The van der Waals surface area contributed by atoms with Gasteiger partial charge < -0.3 is 10.5 Å². The van der Waals surface area contributed by atoms with E-state index in [0.717, 1.165) is 7.11 Å². The molecule has 0 aliphatic carbocycles. The van der Waals surface area contributed by atoms with Crippen molar-refractivity contribution in [1.82, 2.24) is 10.6 Å². The van der Waals surface area contributed by atoms with Crippen molar-refractivity contribution in [2.24, 2.45) is 5.73 Å². The summed E-state index contributed by atoms with van der Waals surface area (Å²) in [5, 5.41) is 3.24. The summed E-state index contributed by atoms with van der Waals surface area (Å²) in [6.07, 6.45) is -0.969. The molecule has 0 heterocycles. The number of rotatable bonds is 0. The molecule has 7 heteroatoms. The number of urea groups is 2. The Labute approximate surface area is 61.9 Å². The van der Waals surface area contributed by atoms with Gasteiger partial charge in [-0.2, -0.15) is 0 Å². The summed E-state index contributed by atoms with van der Waals surface area (Å²) in [6, 6.07) is -2.07. The number of nitrogens with one attached hydrogen (secondary N) is 2. The highest BCUT2D eigenvalue weighted by Gasteiger charge is 2.07. The number of carbonyl (C=O) groups is 3. The highest BCUT2D eigenvalue weighted by atomic mass is 16.5. The second kappa shape index (κ2) is 4.09. The summed E-state index contributed by atoms with van der Waals surface area (Å²) in [7, 11) is 1.08. The number of methoxy groups -OCH3 is 1. The zero-order valence-electron chi connectivity index (χ0n) is 5.71. The van der Waals surface area contributed by atoms with E-state index in [-0.39, 0.29) is 0 Å². The normalized spacial score (nSPS) is 8.09. The van der Waals surface area contributed by atoms with Crippen LogP contribution in [0.1, 0.15) is 0 Å². The molecule has 0 spiro atoms. The van der Waals surface area contributed by atoms with E-state index in [9.17, 15) is 14.4 Å². The molecule has 0 rings (SSSR count). The van der Waals surface area contributed by atoms with Crippen LogP contribution < -0.4 is 16.4 Å². The lowest BCUT2D eigenvalue weighted by atomic mass is 10.9. The Morgan fingerprint density at radius 3 is 2.18 bits per heavy atom. The Morgan fingerprint density at radius 1 is 1.27 bits per heavy atom. The Kier molecular flexibility index (Phi) is 3.43. The topological polar surface area (TPSA) is 111 Å². The standard InChI is InChI=1S/C4H7N3O4/c1-11-4(10)7-3(9)6-2(5)8/h1H3,(H4,5,6,7,8,9,10). The Hall–Kier alpha value is -1.79. The van der Waals surface area contributed by atoms with Gasteiger partial charge in [0.25, 0.3) is 0 Å². The number of hydrogen-bond donors (Lipinski definition) is 3. The Bertz CT molecular complexity index is 190. The molecule has 0 fully saturated rings. The molecule has 4 N–H and O–H groups in total. The molecular weight excluding hydrogens is 154 g/mol. The van der Waals surface area contributed by atoms with Crippen LogP contribution in [0.3, 0.4) is 0 Å². The van der Waals surface area contributed by atoms with E-state index >= 15 is 0 Å². The van der Waals surface area contributed by atoms with Crippen LogP contribution in [0.15, 0.2) is 0 Å². The molecule has 11 heavy (non-hydrogen) atoms. The number of alkyl carbamates (subject to hydrolysis) is 1. The van der Waals surface area contributed by atoms with Gasteiger partial charge in [-0.15, -0.1) is 0 Å². The van der Waals surface area contributed by atoms with Crippen LogP contribution in [0.5, 0.6) is 0 Å². The lowest BCUT2D eigenvalue weighted by molar-refractivity contribution is 0.170. The minimum atomic E-state index is -1.05. The van der Waals surface area contributed by atoms with E-state index in [4.69, 9.17) is 0 Å². The number of imide groups is 2. The Morgan fingerprint density at radius 2 is 1.82 bits per heavy atom. The van der Waals surface area contributed by atoms with Crippen LogP contribution in [-0.4, -0.2) is 25.3 Å². The van der Waals surface area contributed by atoms with Crippen molar-refractivity contribution >= 4 is 18.2 Å². The van der Waals surface area contributed by atoms with E-state index in [1.54, 1.807) is 10.6 Å². The number of nitrogens with two attached hydrogens (primary N) is 1. The largest absolute Gasteiger partial charge is 0.453 e. The monoisotopic (exact) mass is 161 g/mol. The van der Waals surface area contributed by atoms with Crippen molar-refractivity contribution in [3.05, 3.63) is 0 Å². The van der Waals surface area contributed by atoms with Gasteiger partial charge in [-0.3, -0.25) is 5.32 Å². The first-order valence-electron chi connectivity index (χ1n) is 2.51. The van der Waals surface area contributed by atoms with Crippen molar-refractivity contribution in [3.63, 3.8) is 0 Å². The van der Waals surface area contributed by atoms with Gasteiger partial charge in [-0.05, 0) is 0 Å². The fourth-order valence-electron chi connectivity index (χ4n) is 0.287. The lowest BCUT2D eigenvalue weighted by Gasteiger charge is -2.00.